The Hall–Kier alpha value is -4.08. The van der Waals surface area contributed by atoms with Crippen LogP contribution in [0.5, 0.6) is 0 Å². The van der Waals surface area contributed by atoms with Gasteiger partial charge in [-0.25, -0.2) is 9.07 Å². The van der Waals surface area contributed by atoms with Crippen LogP contribution < -0.4 is 10.6 Å². The summed E-state index contributed by atoms with van der Waals surface area (Å²) in [6, 6.07) is 11.8. The van der Waals surface area contributed by atoms with Crippen LogP contribution in [0.4, 0.5) is 10.1 Å². The lowest BCUT2D eigenvalue weighted by Gasteiger charge is -2.08. The summed E-state index contributed by atoms with van der Waals surface area (Å²) in [6.45, 7) is 1.40. The maximum absolute atomic E-state index is 13.1. The predicted octanol–water partition coefficient (Wildman–Crippen LogP) is 1.87. The minimum atomic E-state index is -0.576. The lowest BCUT2D eigenvalue weighted by atomic mass is 10.2. The van der Waals surface area contributed by atoms with Crippen molar-refractivity contribution in [3.05, 3.63) is 71.3 Å². The molecule has 0 unspecified atom stereocenters. The Morgan fingerprint density at radius 3 is 2.53 bits per heavy atom. The number of esters is 1. The molecule has 30 heavy (non-hydrogen) atoms. The number of benzene rings is 2. The maximum atomic E-state index is 13.1. The molecule has 3 rings (SSSR count). The molecule has 0 radical (unpaired) electrons. The van der Waals surface area contributed by atoms with Crippen LogP contribution in [0.1, 0.15) is 26.5 Å². The maximum Gasteiger partial charge on any atom is 0.325 e. The number of hydrogen-bond acceptors (Lipinski definition) is 6. The largest absolute Gasteiger partial charge is 0.468 e. The lowest BCUT2D eigenvalue weighted by molar-refractivity contribution is -0.139. The van der Waals surface area contributed by atoms with Crippen LogP contribution in [0, 0.1) is 12.7 Å². The number of amides is 2. The van der Waals surface area contributed by atoms with E-state index in [1.54, 1.807) is 25.1 Å². The third kappa shape index (κ3) is 4.66. The van der Waals surface area contributed by atoms with E-state index in [4.69, 9.17) is 0 Å². The van der Waals surface area contributed by atoms with Crippen molar-refractivity contribution in [1.82, 2.24) is 20.3 Å². The summed E-state index contributed by atoms with van der Waals surface area (Å²) in [7, 11) is 1.22. The van der Waals surface area contributed by atoms with Crippen LogP contribution in [0.25, 0.3) is 5.69 Å². The Morgan fingerprint density at radius 2 is 1.83 bits per heavy atom. The summed E-state index contributed by atoms with van der Waals surface area (Å²) in [5.41, 5.74) is 1.72. The van der Waals surface area contributed by atoms with Crippen LogP contribution in [0.15, 0.2) is 48.5 Å². The van der Waals surface area contributed by atoms with E-state index in [1.165, 1.54) is 42.1 Å². The second-order valence-corrected chi connectivity index (χ2v) is 6.21. The van der Waals surface area contributed by atoms with Gasteiger partial charge in [0, 0.05) is 11.3 Å². The van der Waals surface area contributed by atoms with E-state index in [-0.39, 0.29) is 23.6 Å². The fourth-order valence-corrected chi connectivity index (χ4v) is 2.62. The molecule has 0 fully saturated rings. The highest BCUT2D eigenvalue weighted by Crippen LogP contribution is 2.16. The van der Waals surface area contributed by atoms with E-state index in [0.29, 0.717) is 17.1 Å². The Kier molecular flexibility index (Phi) is 6.16. The Labute approximate surface area is 170 Å². The SMILES string of the molecule is COC(=O)CNC(=O)c1cccc(NC(=O)c2nnn(-c3ccc(F)cc3)c2C)c1. The second kappa shape index (κ2) is 8.95. The molecule has 0 aliphatic rings. The Morgan fingerprint density at radius 1 is 1.10 bits per heavy atom. The molecule has 0 atom stereocenters. The zero-order valence-electron chi connectivity index (χ0n) is 16.2. The van der Waals surface area contributed by atoms with Crippen molar-refractivity contribution in [2.75, 3.05) is 19.0 Å². The quantitative estimate of drug-likeness (QED) is 0.599. The predicted molar refractivity (Wildman–Crippen MR) is 105 cm³/mol. The molecule has 2 N–H and O–H groups in total. The number of ether oxygens (including phenoxy) is 1. The van der Waals surface area contributed by atoms with Crippen molar-refractivity contribution in [2.45, 2.75) is 6.92 Å². The number of hydrogen-bond donors (Lipinski definition) is 2. The van der Waals surface area contributed by atoms with Crippen LogP contribution >= 0.6 is 0 Å². The molecule has 0 bridgehead atoms. The highest BCUT2D eigenvalue weighted by molar-refractivity contribution is 6.04. The van der Waals surface area contributed by atoms with E-state index < -0.39 is 17.8 Å². The van der Waals surface area contributed by atoms with Crippen molar-refractivity contribution in [3.63, 3.8) is 0 Å². The van der Waals surface area contributed by atoms with Gasteiger partial charge in [-0.05, 0) is 49.4 Å². The number of halogens is 1. The van der Waals surface area contributed by atoms with E-state index in [2.05, 4.69) is 25.7 Å². The minimum absolute atomic E-state index is 0.0832. The second-order valence-electron chi connectivity index (χ2n) is 6.21. The number of anilines is 1. The smallest absolute Gasteiger partial charge is 0.325 e. The molecular formula is C20H18FN5O4. The average molecular weight is 411 g/mol. The van der Waals surface area contributed by atoms with E-state index in [0.717, 1.165) is 0 Å². The first-order valence-electron chi connectivity index (χ1n) is 8.83. The topological polar surface area (TPSA) is 115 Å². The van der Waals surface area contributed by atoms with Gasteiger partial charge in [-0.15, -0.1) is 5.10 Å². The van der Waals surface area contributed by atoms with Gasteiger partial charge in [0.2, 0.25) is 0 Å². The van der Waals surface area contributed by atoms with Crippen molar-refractivity contribution >= 4 is 23.5 Å². The molecule has 0 aliphatic carbocycles. The van der Waals surface area contributed by atoms with Crippen molar-refractivity contribution in [3.8, 4) is 5.69 Å². The van der Waals surface area contributed by atoms with Crippen LogP contribution in [-0.4, -0.2) is 46.4 Å². The molecule has 1 aromatic heterocycles. The van der Waals surface area contributed by atoms with Gasteiger partial charge in [-0.2, -0.15) is 0 Å². The van der Waals surface area contributed by atoms with Crippen molar-refractivity contribution in [2.24, 2.45) is 0 Å². The molecule has 3 aromatic rings. The highest BCUT2D eigenvalue weighted by Gasteiger charge is 2.18. The minimum Gasteiger partial charge on any atom is -0.468 e. The average Bonchev–Trinajstić information content (AvgIpc) is 3.14. The van der Waals surface area contributed by atoms with Crippen molar-refractivity contribution < 1.29 is 23.5 Å². The first kappa shape index (κ1) is 20.6. The normalized spacial score (nSPS) is 10.4. The van der Waals surface area contributed by atoms with E-state index in [9.17, 15) is 18.8 Å². The molecule has 1 heterocycles. The van der Waals surface area contributed by atoms with Gasteiger partial charge in [-0.1, -0.05) is 11.3 Å². The lowest BCUT2D eigenvalue weighted by Crippen LogP contribution is -2.30. The fraction of sp³-hybridized carbons (Fsp3) is 0.150. The molecule has 2 aromatic carbocycles. The molecule has 154 valence electrons. The number of methoxy groups -OCH3 is 1. The standard InChI is InChI=1S/C20H18FN5O4/c1-12-18(24-25-26(12)16-8-6-14(21)7-9-16)20(29)23-15-5-3-4-13(10-15)19(28)22-11-17(27)30-2/h3-10H,11H2,1-2H3,(H,22,28)(H,23,29). The third-order valence-corrected chi connectivity index (χ3v) is 4.18. The molecule has 0 aliphatic heterocycles. The molecule has 0 spiro atoms. The van der Waals surface area contributed by atoms with E-state index in [1.807, 2.05) is 0 Å². The molecule has 0 saturated heterocycles. The number of nitrogens with one attached hydrogen (secondary N) is 2. The zero-order valence-corrected chi connectivity index (χ0v) is 16.2. The summed E-state index contributed by atoms with van der Waals surface area (Å²) < 4.78 is 19.0. The van der Waals surface area contributed by atoms with Gasteiger partial charge in [0.25, 0.3) is 11.8 Å². The highest BCUT2D eigenvalue weighted by atomic mass is 19.1. The van der Waals surface area contributed by atoms with Crippen LogP contribution in [-0.2, 0) is 9.53 Å². The van der Waals surface area contributed by atoms with Gasteiger partial charge in [0.05, 0.1) is 18.5 Å². The molecule has 0 saturated carbocycles. The summed E-state index contributed by atoms with van der Waals surface area (Å²) >= 11 is 0. The van der Waals surface area contributed by atoms with E-state index >= 15 is 0 Å². The van der Waals surface area contributed by atoms with Gasteiger partial charge in [0.15, 0.2) is 5.69 Å². The molecule has 10 heteroatoms. The molecule has 2 amide bonds. The molecule has 9 nitrogen and oxygen atoms in total. The number of rotatable bonds is 6. The third-order valence-electron chi connectivity index (χ3n) is 4.18. The number of nitrogens with zero attached hydrogens (tertiary/aromatic N) is 3. The fourth-order valence-electron chi connectivity index (χ4n) is 2.62. The number of aromatic nitrogens is 3. The summed E-state index contributed by atoms with van der Waals surface area (Å²) in [5, 5.41) is 12.9. The zero-order chi connectivity index (χ0) is 21.7. The monoisotopic (exact) mass is 411 g/mol. The van der Waals surface area contributed by atoms with Gasteiger partial charge >= 0.3 is 5.97 Å². The Bertz CT molecular complexity index is 1090. The van der Waals surface area contributed by atoms with Crippen LogP contribution in [0.2, 0.25) is 0 Å². The summed E-state index contributed by atoms with van der Waals surface area (Å²) in [5.74, 6) is -1.97. The van der Waals surface area contributed by atoms with Crippen molar-refractivity contribution in [1.29, 1.82) is 0 Å². The first-order chi connectivity index (χ1) is 14.4. The Balaban J connectivity index is 1.73. The van der Waals surface area contributed by atoms with Gasteiger partial charge in [-0.3, -0.25) is 14.4 Å². The summed E-state index contributed by atoms with van der Waals surface area (Å²) in [6.07, 6.45) is 0. The van der Waals surface area contributed by atoms with Gasteiger partial charge < -0.3 is 15.4 Å². The summed E-state index contributed by atoms with van der Waals surface area (Å²) in [4.78, 5) is 35.9. The van der Waals surface area contributed by atoms with Crippen LogP contribution in [0.3, 0.4) is 0 Å². The first-order valence-corrected chi connectivity index (χ1v) is 8.83. The molecular weight excluding hydrogens is 393 g/mol. The van der Waals surface area contributed by atoms with Gasteiger partial charge in [0.1, 0.15) is 12.4 Å². The number of carbonyl (C=O) groups is 3. The number of carbonyl (C=O) groups excluding carboxylic acids is 3.